The molecule has 2 aliphatic rings. The van der Waals surface area contributed by atoms with E-state index in [-0.39, 0.29) is 0 Å². The highest BCUT2D eigenvalue weighted by Gasteiger charge is 2.56. The van der Waals surface area contributed by atoms with Gasteiger partial charge in [-0.25, -0.2) is 0 Å². The van der Waals surface area contributed by atoms with Gasteiger partial charge < -0.3 is 36.7 Å². The Labute approximate surface area is 366 Å². The normalized spacial score (nSPS) is 19.0. The average Bonchev–Trinajstić information content (AvgIpc) is 3.29. The maximum atomic E-state index is 16.0. The molecule has 8 aromatic carbocycles. The van der Waals surface area contributed by atoms with Gasteiger partial charge in [-0.3, -0.25) is 9.13 Å². The molecule has 0 saturated heterocycles. The van der Waals surface area contributed by atoms with Crippen LogP contribution in [0.25, 0.3) is 22.3 Å². The SMILES string of the molecule is CC(c1ccc(Oc2ccc(C(C)(c3ccc(N)cc3N)P3(=O)Oc4ccccc4-c4ccccc43)cc2)cc1)(c1ccc(N)cc1N)P1(=O)Oc2ccccc2-c2ccccc21. The lowest BCUT2D eigenvalue weighted by Gasteiger charge is -2.42. The van der Waals surface area contributed by atoms with Crippen LogP contribution in [-0.4, -0.2) is 0 Å². The van der Waals surface area contributed by atoms with Gasteiger partial charge in [-0.1, -0.05) is 109 Å². The first-order valence-corrected chi connectivity index (χ1v) is 23.8. The van der Waals surface area contributed by atoms with Crippen molar-refractivity contribution in [1.82, 2.24) is 0 Å². The monoisotopic (exact) mass is 866 g/mol. The largest absolute Gasteiger partial charge is 0.457 e. The summed E-state index contributed by atoms with van der Waals surface area (Å²) in [5, 5.41) is -1.32. The van der Waals surface area contributed by atoms with E-state index in [0.29, 0.717) is 78.6 Å². The maximum Gasteiger partial charge on any atom is 0.292 e. The van der Waals surface area contributed by atoms with Crippen molar-refractivity contribution in [2.45, 2.75) is 24.2 Å². The Balaban J connectivity index is 1.03. The summed E-state index contributed by atoms with van der Waals surface area (Å²) in [6.07, 6.45) is 0. The molecule has 2 heterocycles. The minimum atomic E-state index is -3.85. The minimum absolute atomic E-state index is 0.398. The summed E-state index contributed by atoms with van der Waals surface area (Å²) in [7, 11) is -7.69. The molecule has 0 fully saturated rings. The molecule has 0 amide bonds. The number of anilines is 4. The molecule has 0 radical (unpaired) electrons. The molecule has 0 aromatic heterocycles. The van der Waals surface area contributed by atoms with Crippen molar-refractivity contribution in [2.24, 2.45) is 0 Å². The van der Waals surface area contributed by atoms with Gasteiger partial charge in [-0.2, -0.15) is 0 Å². The number of hydrogen-bond acceptors (Lipinski definition) is 9. The van der Waals surface area contributed by atoms with E-state index in [0.717, 1.165) is 22.3 Å². The van der Waals surface area contributed by atoms with Crippen LogP contribution in [0.2, 0.25) is 0 Å². The van der Waals surface area contributed by atoms with Crippen LogP contribution in [0.15, 0.2) is 182 Å². The fourth-order valence-corrected chi connectivity index (χ4v) is 15.3. The fraction of sp³-hybridized carbons (Fsp3) is 0.0769. The molecular formula is C52H44N4O5P2. The topological polar surface area (TPSA) is 166 Å². The van der Waals surface area contributed by atoms with Gasteiger partial charge >= 0.3 is 0 Å². The Bertz CT molecular complexity index is 3000. The first-order valence-electron chi connectivity index (χ1n) is 20.5. The second-order valence-electron chi connectivity index (χ2n) is 16.3. The lowest BCUT2D eigenvalue weighted by molar-refractivity contribution is 0.462. The minimum Gasteiger partial charge on any atom is -0.457 e. The summed E-state index contributed by atoms with van der Waals surface area (Å²) in [5.74, 6) is 2.14. The maximum absolute atomic E-state index is 16.0. The van der Waals surface area contributed by atoms with Crippen molar-refractivity contribution in [1.29, 1.82) is 0 Å². The molecule has 312 valence electrons. The Morgan fingerprint density at radius 2 is 0.778 bits per heavy atom. The van der Waals surface area contributed by atoms with Gasteiger partial charge in [-0.05, 0) is 120 Å². The van der Waals surface area contributed by atoms with Crippen molar-refractivity contribution in [2.75, 3.05) is 22.9 Å². The van der Waals surface area contributed by atoms with Crippen LogP contribution >= 0.6 is 14.7 Å². The predicted octanol–water partition coefficient (Wildman–Crippen LogP) is 11.7. The van der Waals surface area contributed by atoms with Gasteiger partial charge in [0.05, 0.1) is 10.6 Å². The number of fused-ring (bicyclic) bond motifs is 6. The molecule has 4 atom stereocenters. The number of nitrogens with two attached hydrogens (primary N) is 4. The number of rotatable bonds is 8. The van der Waals surface area contributed by atoms with Crippen LogP contribution in [0.4, 0.5) is 22.7 Å². The van der Waals surface area contributed by atoms with Crippen LogP contribution in [0, 0.1) is 0 Å². The highest BCUT2D eigenvalue weighted by atomic mass is 31.2. The first kappa shape index (κ1) is 39.9. The van der Waals surface area contributed by atoms with Crippen LogP contribution < -0.4 is 47.3 Å². The quantitative estimate of drug-likeness (QED) is 0.0859. The van der Waals surface area contributed by atoms with Gasteiger partial charge in [0.1, 0.15) is 33.3 Å². The zero-order valence-electron chi connectivity index (χ0n) is 34.6. The summed E-state index contributed by atoms with van der Waals surface area (Å²) in [5.41, 5.74) is 33.7. The molecule has 0 saturated carbocycles. The average molecular weight is 867 g/mol. The van der Waals surface area contributed by atoms with E-state index in [9.17, 15) is 0 Å². The third kappa shape index (κ3) is 6.06. The number of para-hydroxylation sites is 2. The Morgan fingerprint density at radius 3 is 1.16 bits per heavy atom. The van der Waals surface area contributed by atoms with Gasteiger partial charge in [0, 0.05) is 33.9 Å². The molecule has 8 aromatic rings. The van der Waals surface area contributed by atoms with Crippen LogP contribution in [-0.2, 0) is 19.4 Å². The summed E-state index contributed by atoms with van der Waals surface area (Å²) in [6, 6.07) is 56.1. The second-order valence-corrected chi connectivity index (χ2v) is 21.6. The van der Waals surface area contributed by atoms with E-state index >= 15 is 9.13 Å². The molecule has 9 nitrogen and oxygen atoms in total. The van der Waals surface area contributed by atoms with Crippen LogP contribution in [0.1, 0.15) is 36.1 Å². The number of nitrogen functional groups attached to an aromatic ring is 4. The molecule has 63 heavy (non-hydrogen) atoms. The molecule has 0 spiro atoms. The zero-order chi connectivity index (χ0) is 43.7. The Morgan fingerprint density at radius 1 is 0.429 bits per heavy atom. The highest BCUT2D eigenvalue weighted by molar-refractivity contribution is 7.69. The number of benzene rings is 8. The predicted molar refractivity (Wildman–Crippen MR) is 256 cm³/mol. The second kappa shape index (κ2) is 14.7. The lowest BCUT2D eigenvalue weighted by Crippen LogP contribution is -2.35. The van der Waals surface area contributed by atoms with Gasteiger partial charge in [0.15, 0.2) is 0 Å². The van der Waals surface area contributed by atoms with E-state index in [2.05, 4.69) is 0 Å². The zero-order valence-corrected chi connectivity index (χ0v) is 36.4. The molecule has 2 aliphatic heterocycles. The lowest BCUT2D eigenvalue weighted by atomic mass is 9.90. The van der Waals surface area contributed by atoms with Crippen LogP contribution in [0.3, 0.4) is 0 Å². The van der Waals surface area contributed by atoms with Crippen molar-refractivity contribution in [3.63, 3.8) is 0 Å². The summed E-state index contributed by atoms with van der Waals surface area (Å²) in [4.78, 5) is 0. The van der Waals surface area contributed by atoms with E-state index in [1.165, 1.54) is 0 Å². The summed E-state index contributed by atoms with van der Waals surface area (Å²) in [6.45, 7) is 3.83. The summed E-state index contributed by atoms with van der Waals surface area (Å²) >= 11 is 0. The van der Waals surface area contributed by atoms with Crippen molar-refractivity contribution in [3.05, 3.63) is 204 Å². The molecule has 10 rings (SSSR count). The Hall–Kier alpha value is -7.18. The van der Waals surface area contributed by atoms with Crippen molar-refractivity contribution in [3.8, 4) is 45.3 Å². The highest BCUT2D eigenvalue weighted by Crippen LogP contribution is 2.71. The van der Waals surface area contributed by atoms with Gasteiger partial charge in [0.25, 0.3) is 14.7 Å². The van der Waals surface area contributed by atoms with Crippen molar-refractivity contribution >= 4 is 48.1 Å². The molecular weight excluding hydrogens is 823 g/mol. The molecule has 0 aliphatic carbocycles. The van der Waals surface area contributed by atoms with Crippen molar-refractivity contribution < 1.29 is 22.9 Å². The van der Waals surface area contributed by atoms with E-state index in [1.54, 1.807) is 24.3 Å². The number of hydrogen-bond donors (Lipinski definition) is 4. The van der Waals surface area contributed by atoms with E-state index in [1.807, 2.05) is 172 Å². The third-order valence-corrected chi connectivity index (χ3v) is 19.0. The van der Waals surface area contributed by atoms with E-state index < -0.39 is 25.0 Å². The first-order chi connectivity index (χ1) is 30.3. The number of ether oxygens (including phenoxy) is 1. The third-order valence-electron chi connectivity index (χ3n) is 12.7. The Kier molecular flexibility index (Phi) is 9.34. The molecule has 11 heteroatoms. The summed E-state index contributed by atoms with van der Waals surface area (Å²) < 4.78 is 51.8. The van der Waals surface area contributed by atoms with Gasteiger partial charge in [0.2, 0.25) is 0 Å². The smallest absolute Gasteiger partial charge is 0.292 e. The van der Waals surface area contributed by atoms with Crippen LogP contribution in [0.5, 0.6) is 23.0 Å². The molecule has 0 bridgehead atoms. The van der Waals surface area contributed by atoms with Gasteiger partial charge in [-0.15, -0.1) is 0 Å². The standard InChI is InChI=1S/C52H44N4O5P2/c1-51(43-29-23-35(53)31-45(43)55,62(57)49-17-9-5-13-41(49)39-11-3-7-15-47(39)60-62)33-19-25-37(26-20-33)59-38-27-21-34(22-28-38)52(2,44-30-24-36(54)32-46(44)56)63(58)50-18-10-6-14-42(50)40-12-4-8-16-48(40)61-63/h3-32H,53-56H2,1-2H3. The van der Waals surface area contributed by atoms with E-state index in [4.69, 9.17) is 36.7 Å². The fourth-order valence-electron chi connectivity index (χ4n) is 9.34. The molecule has 4 unspecified atom stereocenters. The molecule has 8 N–H and O–H groups in total.